The van der Waals surface area contributed by atoms with Crippen molar-refractivity contribution in [1.29, 1.82) is 0 Å². The summed E-state index contributed by atoms with van der Waals surface area (Å²) in [5.74, 6) is 0.142. The van der Waals surface area contributed by atoms with Gasteiger partial charge in [0.1, 0.15) is 0 Å². The highest BCUT2D eigenvalue weighted by molar-refractivity contribution is 6.31. The van der Waals surface area contributed by atoms with E-state index in [-0.39, 0.29) is 5.91 Å². The van der Waals surface area contributed by atoms with Gasteiger partial charge in [-0.2, -0.15) is 5.10 Å². The van der Waals surface area contributed by atoms with Gasteiger partial charge in [-0.1, -0.05) is 41.8 Å². The Morgan fingerprint density at radius 1 is 1.12 bits per heavy atom. The van der Waals surface area contributed by atoms with Crippen LogP contribution in [0.1, 0.15) is 51.7 Å². The van der Waals surface area contributed by atoms with E-state index in [4.69, 9.17) is 11.6 Å². The number of anilines is 1. The van der Waals surface area contributed by atoms with Crippen molar-refractivity contribution in [3.8, 4) is 0 Å². The van der Waals surface area contributed by atoms with E-state index in [1.165, 1.54) is 0 Å². The number of aliphatic imine (C=N–C) groups is 1. The molecule has 7 heteroatoms. The van der Waals surface area contributed by atoms with Gasteiger partial charge >= 0.3 is 0 Å². The van der Waals surface area contributed by atoms with Crippen LogP contribution in [0.4, 0.5) is 5.69 Å². The highest BCUT2D eigenvalue weighted by atomic mass is 35.5. The zero-order valence-corrected chi connectivity index (χ0v) is 20.0. The first kappa shape index (κ1) is 23.5. The summed E-state index contributed by atoms with van der Waals surface area (Å²) in [7, 11) is 0. The van der Waals surface area contributed by atoms with Gasteiger partial charge in [0.25, 0.3) is 5.91 Å². The molecule has 6 nitrogen and oxygen atoms in total. The van der Waals surface area contributed by atoms with Crippen molar-refractivity contribution in [3.63, 3.8) is 0 Å². The number of carbonyl (C=O) groups excluding carboxylic acids is 1. The van der Waals surface area contributed by atoms with Gasteiger partial charge in [0.2, 0.25) is 5.96 Å². The third-order valence-electron chi connectivity index (χ3n) is 5.14. The molecular formula is C25H30ClN5O. The fourth-order valence-electron chi connectivity index (χ4n) is 3.49. The monoisotopic (exact) mass is 451 g/mol. The van der Waals surface area contributed by atoms with Crippen molar-refractivity contribution in [3.05, 3.63) is 81.1 Å². The Kier molecular flexibility index (Phi) is 7.70. The Hall–Kier alpha value is -3.12. The quantitative estimate of drug-likeness (QED) is 0.379. The van der Waals surface area contributed by atoms with Gasteiger partial charge in [0.05, 0.1) is 12.2 Å². The second-order valence-corrected chi connectivity index (χ2v) is 8.44. The van der Waals surface area contributed by atoms with Crippen molar-refractivity contribution >= 4 is 29.2 Å². The SMILES string of the molecule is CCCn1cc(CN=C(NC(=O)c2cc(C)cc(C)c2)Nc2cccc(Cl)c2C)c(C)n1. The van der Waals surface area contributed by atoms with Crippen LogP contribution in [0.3, 0.4) is 0 Å². The van der Waals surface area contributed by atoms with E-state index in [2.05, 4.69) is 27.6 Å². The fourth-order valence-corrected chi connectivity index (χ4v) is 3.66. The molecule has 0 atom stereocenters. The molecule has 0 aliphatic carbocycles. The lowest BCUT2D eigenvalue weighted by atomic mass is 10.1. The fraction of sp³-hybridized carbons (Fsp3) is 0.320. The molecule has 1 heterocycles. The zero-order valence-electron chi connectivity index (χ0n) is 19.3. The molecule has 3 rings (SSSR count). The van der Waals surface area contributed by atoms with Crippen LogP contribution in [-0.4, -0.2) is 21.6 Å². The van der Waals surface area contributed by atoms with Crippen LogP contribution >= 0.6 is 11.6 Å². The third-order valence-corrected chi connectivity index (χ3v) is 5.55. The summed E-state index contributed by atoms with van der Waals surface area (Å²) in [4.78, 5) is 17.7. The van der Waals surface area contributed by atoms with E-state index in [0.717, 1.165) is 46.6 Å². The summed E-state index contributed by atoms with van der Waals surface area (Å²) >= 11 is 6.28. The average Bonchev–Trinajstić information content (AvgIpc) is 3.08. The second-order valence-electron chi connectivity index (χ2n) is 8.04. The number of guanidine groups is 1. The molecule has 2 N–H and O–H groups in total. The highest BCUT2D eigenvalue weighted by Crippen LogP contribution is 2.23. The maximum absolute atomic E-state index is 13.0. The first-order valence-corrected chi connectivity index (χ1v) is 11.1. The number of hydrogen-bond donors (Lipinski definition) is 2. The smallest absolute Gasteiger partial charge is 0.257 e. The largest absolute Gasteiger partial charge is 0.326 e. The van der Waals surface area contributed by atoms with Gasteiger partial charge < -0.3 is 5.32 Å². The molecular weight excluding hydrogens is 422 g/mol. The molecule has 0 aliphatic heterocycles. The first-order chi connectivity index (χ1) is 15.3. The number of amides is 1. The van der Waals surface area contributed by atoms with Crippen molar-refractivity contribution in [2.24, 2.45) is 4.99 Å². The molecule has 3 aromatic rings. The van der Waals surface area contributed by atoms with E-state index in [1.54, 1.807) is 0 Å². The number of nitrogens with zero attached hydrogens (tertiary/aromatic N) is 3. The van der Waals surface area contributed by atoms with Crippen LogP contribution in [0.25, 0.3) is 0 Å². The van der Waals surface area contributed by atoms with E-state index in [0.29, 0.717) is 23.1 Å². The Morgan fingerprint density at radius 2 is 1.84 bits per heavy atom. The second kappa shape index (κ2) is 10.5. The van der Waals surface area contributed by atoms with E-state index >= 15 is 0 Å². The molecule has 2 aromatic carbocycles. The van der Waals surface area contributed by atoms with Crippen LogP contribution in [0.2, 0.25) is 5.02 Å². The maximum Gasteiger partial charge on any atom is 0.257 e. The van der Waals surface area contributed by atoms with E-state index in [1.807, 2.05) is 75.0 Å². The van der Waals surface area contributed by atoms with Crippen molar-refractivity contribution < 1.29 is 4.79 Å². The molecule has 0 saturated heterocycles. The maximum atomic E-state index is 13.0. The van der Waals surface area contributed by atoms with Gasteiger partial charge in [-0.15, -0.1) is 0 Å². The number of rotatable bonds is 6. The number of carbonyl (C=O) groups is 1. The molecule has 0 bridgehead atoms. The van der Waals surface area contributed by atoms with Crippen molar-refractivity contribution in [1.82, 2.24) is 15.1 Å². The third kappa shape index (κ3) is 5.98. The first-order valence-electron chi connectivity index (χ1n) is 10.8. The predicted octanol–water partition coefficient (Wildman–Crippen LogP) is 5.58. The normalized spacial score (nSPS) is 11.5. The molecule has 0 fully saturated rings. The molecule has 0 saturated carbocycles. The minimum absolute atomic E-state index is 0.221. The molecule has 0 aliphatic rings. The highest BCUT2D eigenvalue weighted by Gasteiger charge is 2.13. The molecule has 0 unspecified atom stereocenters. The van der Waals surface area contributed by atoms with E-state index < -0.39 is 0 Å². The number of halogens is 1. The number of aryl methyl sites for hydroxylation is 4. The average molecular weight is 452 g/mol. The summed E-state index contributed by atoms with van der Waals surface area (Å²) in [6.45, 7) is 11.2. The van der Waals surface area contributed by atoms with Crippen molar-refractivity contribution in [2.75, 3.05) is 5.32 Å². The van der Waals surface area contributed by atoms with Gasteiger partial charge in [0.15, 0.2) is 0 Å². The van der Waals surface area contributed by atoms with Crippen LogP contribution in [0, 0.1) is 27.7 Å². The van der Waals surface area contributed by atoms with Crippen LogP contribution in [0.5, 0.6) is 0 Å². The van der Waals surface area contributed by atoms with Crippen molar-refractivity contribution in [2.45, 2.75) is 54.1 Å². The van der Waals surface area contributed by atoms with Gasteiger partial charge in [-0.3, -0.25) is 14.8 Å². The van der Waals surface area contributed by atoms with Gasteiger partial charge in [-0.05, 0) is 63.9 Å². The molecule has 1 amide bonds. The summed E-state index contributed by atoms with van der Waals surface area (Å²) < 4.78 is 1.93. The Morgan fingerprint density at radius 3 is 2.53 bits per heavy atom. The van der Waals surface area contributed by atoms with E-state index in [9.17, 15) is 4.79 Å². The minimum atomic E-state index is -0.221. The van der Waals surface area contributed by atoms with Crippen LogP contribution < -0.4 is 10.6 Å². The van der Waals surface area contributed by atoms with Gasteiger partial charge in [-0.25, -0.2) is 4.99 Å². The summed E-state index contributed by atoms with van der Waals surface area (Å²) in [5.41, 5.74) is 6.27. The molecule has 1 aromatic heterocycles. The summed E-state index contributed by atoms with van der Waals surface area (Å²) in [6, 6.07) is 11.4. The number of aromatic nitrogens is 2. The Balaban J connectivity index is 1.88. The zero-order chi connectivity index (χ0) is 23.3. The predicted molar refractivity (Wildman–Crippen MR) is 132 cm³/mol. The van der Waals surface area contributed by atoms with Crippen LogP contribution in [0.15, 0.2) is 47.6 Å². The molecule has 0 radical (unpaired) electrons. The lowest BCUT2D eigenvalue weighted by Gasteiger charge is -2.15. The lowest BCUT2D eigenvalue weighted by Crippen LogP contribution is -2.36. The summed E-state index contributed by atoms with van der Waals surface area (Å²) in [6.07, 6.45) is 3.02. The number of benzene rings is 2. The molecule has 168 valence electrons. The van der Waals surface area contributed by atoms with Gasteiger partial charge in [0, 0.05) is 34.6 Å². The van der Waals surface area contributed by atoms with Crippen LogP contribution in [-0.2, 0) is 13.1 Å². The Bertz CT molecular complexity index is 1130. The Labute approximate surface area is 194 Å². The summed E-state index contributed by atoms with van der Waals surface area (Å²) in [5, 5.41) is 11.4. The molecule has 0 spiro atoms. The lowest BCUT2D eigenvalue weighted by molar-refractivity contribution is 0.0976. The number of nitrogens with one attached hydrogen (secondary N) is 2. The minimum Gasteiger partial charge on any atom is -0.326 e. The standard InChI is InChI=1S/C25H30ClN5O/c1-6-10-31-15-21(19(5)30-31)14-27-25(28-23-9-7-8-22(26)18(23)4)29-24(32)20-12-16(2)11-17(3)13-20/h7-9,11-13,15H,6,10,14H2,1-5H3,(H2,27,28,29,32). The number of hydrogen-bond acceptors (Lipinski definition) is 3. The molecule has 32 heavy (non-hydrogen) atoms. The topological polar surface area (TPSA) is 71.3 Å².